The highest BCUT2D eigenvalue weighted by molar-refractivity contribution is 6.24. The summed E-state index contributed by atoms with van der Waals surface area (Å²) >= 11 is 6.89. The molecule has 0 bridgehead atoms. The third kappa shape index (κ3) is 2.56. The van der Waals surface area contributed by atoms with Gasteiger partial charge in [0.15, 0.2) is 0 Å². The van der Waals surface area contributed by atoms with E-state index in [0.717, 1.165) is 0 Å². The molecule has 21 heavy (non-hydrogen) atoms. The van der Waals surface area contributed by atoms with E-state index in [1.807, 2.05) is 0 Å². The lowest BCUT2D eigenvalue weighted by Gasteiger charge is -2.18. The maximum atomic E-state index is 6.89. The first-order valence-electron chi connectivity index (χ1n) is 7.27. The number of rotatable bonds is 2. The Balaban J connectivity index is 2.24. The Morgan fingerprint density at radius 2 is 1.52 bits per heavy atom. The van der Waals surface area contributed by atoms with Gasteiger partial charge in [0.1, 0.15) is 0 Å². The van der Waals surface area contributed by atoms with Gasteiger partial charge in [0, 0.05) is 0 Å². The average Bonchev–Trinajstić information content (AvgIpc) is 2.49. The minimum atomic E-state index is -0.115. The number of hydrogen-bond acceptors (Lipinski definition) is 0. The molecule has 1 atom stereocenters. The van der Waals surface area contributed by atoms with Crippen LogP contribution in [0, 0.1) is 20.8 Å². The fourth-order valence-corrected chi connectivity index (χ4v) is 3.45. The van der Waals surface area contributed by atoms with Crippen LogP contribution in [0.15, 0.2) is 54.6 Å². The second kappa shape index (κ2) is 5.54. The summed E-state index contributed by atoms with van der Waals surface area (Å²) in [5, 5.41) is 2.38. The van der Waals surface area contributed by atoms with Gasteiger partial charge in [-0.1, -0.05) is 60.2 Å². The van der Waals surface area contributed by atoms with Crippen LogP contribution in [-0.4, -0.2) is 0 Å². The number of halogens is 1. The molecule has 0 saturated heterocycles. The lowest BCUT2D eigenvalue weighted by molar-refractivity contribution is 1.10. The monoisotopic (exact) mass is 294 g/mol. The summed E-state index contributed by atoms with van der Waals surface area (Å²) in [4.78, 5) is 0. The summed E-state index contributed by atoms with van der Waals surface area (Å²) in [5.74, 6) is 0. The van der Waals surface area contributed by atoms with Crippen molar-refractivity contribution in [3.05, 3.63) is 82.4 Å². The molecule has 0 spiro atoms. The molecular formula is C20H19Cl. The van der Waals surface area contributed by atoms with Gasteiger partial charge in [-0.2, -0.15) is 0 Å². The maximum Gasteiger partial charge on any atom is 0.0846 e. The van der Waals surface area contributed by atoms with Gasteiger partial charge in [-0.15, -0.1) is 11.6 Å². The molecule has 0 aromatic heterocycles. The van der Waals surface area contributed by atoms with Crippen molar-refractivity contribution in [2.45, 2.75) is 26.1 Å². The predicted molar refractivity (Wildman–Crippen MR) is 92.3 cm³/mol. The zero-order valence-electron chi connectivity index (χ0n) is 12.7. The highest BCUT2D eigenvalue weighted by Gasteiger charge is 2.18. The van der Waals surface area contributed by atoms with Gasteiger partial charge in [0.05, 0.1) is 5.38 Å². The molecular weight excluding hydrogens is 276 g/mol. The Morgan fingerprint density at radius 1 is 0.810 bits per heavy atom. The zero-order valence-corrected chi connectivity index (χ0v) is 13.4. The molecule has 0 nitrogen and oxygen atoms in total. The Morgan fingerprint density at radius 3 is 2.33 bits per heavy atom. The fourth-order valence-electron chi connectivity index (χ4n) is 2.93. The maximum absolute atomic E-state index is 6.89. The third-order valence-corrected chi connectivity index (χ3v) is 4.60. The third-order valence-electron chi connectivity index (χ3n) is 4.15. The number of aryl methyl sites for hydroxylation is 3. The summed E-state index contributed by atoms with van der Waals surface area (Å²) in [6.07, 6.45) is 0. The molecule has 3 rings (SSSR count). The Kier molecular flexibility index (Phi) is 3.73. The Labute approximate surface area is 131 Å². The van der Waals surface area contributed by atoms with E-state index in [9.17, 15) is 0 Å². The van der Waals surface area contributed by atoms with Crippen LogP contribution in [0.2, 0.25) is 0 Å². The lowest BCUT2D eigenvalue weighted by Crippen LogP contribution is -2.00. The van der Waals surface area contributed by atoms with Gasteiger partial charge in [0.25, 0.3) is 0 Å². The van der Waals surface area contributed by atoms with E-state index in [1.54, 1.807) is 0 Å². The summed E-state index contributed by atoms with van der Waals surface area (Å²) in [7, 11) is 0. The quantitative estimate of drug-likeness (QED) is 0.501. The highest BCUT2D eigenvalue weighted by Crippen LogP contribution is 2.37. The average molecular weight is 295 g/mol. The highest BCUT2D eigenvalue weighted by atomic mass is 35.5. The van der Waals surface area contributed by atoms with E-state index < -0.39 is 0 Å². The molecule has 0 aliphatic carbocycles. The fraction of sp³-hybridized carbons (Fsp3) is 0.200. The van der Waals surface area contributed by atoms with Crippen molar-refractivity contribution in [3.63, 3.8) is 0 Å². The standard InChI is InChI=1S/C20H19Cl/c1-13-8-9-14(2)18(12-13)20(21)19-15(3)10-11-16-6-4-5-7-17(16)19/h4-12,20H,1-3H3. The van der Waals surface area contributed by atoms with Crippen molar-refractivity contribution in [1.82, 2.24) is 0 Å². The van der Waals surface area contributed by atoms with Crippen molar-refractivity contribution in [2.75, 3.05) is 0 Å². The Hall–Kier alpha value is -1.79. The minimum absolute atomic E-state index is 0.115. The van der Waals surface area contributed by atoms with E-state index in [4.69, 9.17) is 11.6 Å². The van der Waals surface area contributed by atoms with Gasteiger partial charge in [-0.25, -0.2) is 0 Å². The summed E-state index contributed by atoms with van der Waals surface area (Å²) in [6.45, 7) is 6.38. The molecule has 0 aliphatic rings. The molecule has 0 amide bonds. The zero-order chi connectivity index (χ0) is 15.0. The van der Waals surface area contributed by atoms with E-state index in [1.165, 1.54) is 38.6 Å². The molecule has 0 radical (unpaired) electrons. The normalized spacial score (nSPS) is 12.6. The van der Waals surface area contributed by atoms with Crippen molar-refractivity contribution >= 4 is 22.4 Å². The van der Waals surface area contributed by atoms with Crippen LogP contribution in [0.3, 0.4) is 0 Å². The van der Waals surface area contributed by atoms with Crippen LogP contribution in [0.4, 0.5) is 0 Å². The largest absolute Gasteiger partial charge is 0.113 e. The van der Waals surface area contributed by atoms with Gasteiger partial charge < -0.3 is 0 Å². The molecule has 3 aromatic rings. The Bertz CT molecular complexity index is 802. The first-order valence-corrected chi connectivity index (χ1v) is 7.71. The lowest BCUT2D eigenvalue weighted by atomic mass is 9.91. The van der Waals surface area contributed by atoms with Crippen molar-refractivity contribution in [2.24, 2.45) is 0 Å². The molecule has 0 N–H and O–H groups in total. The van der Waals surface area contributed by atoms with Crippen LogP contribution in [-0.2, 0) is 0 Å². The van der Waals surface area contributed by atoms with Gasteiger partial charge in [-0.05, 0) is 53.8 Å². The summed E-state index contributed by atoms with van der Waals surface area (Å²) < 4.78 is 0. The molecule has 0 saturated carbocycles. The van der Waals surface area contributed by atoms with Crippen LogP contribution >= 0.6 is 11.6 Å². The van der Waals surface area contributed by atoms with Crippen LogP contribution < -0.4 is 0 Å². The van der Waals surface area contributed by atoms with Crippen LogP contribution in [0.25, 0.3) is 10.8 Å². The molecule has 1 heteroatoms. The second-order valence-electron chi connectivity index (χ2n) is 5.74. The first-order chi connectivity index (χ1) is 10.1. The molecule has 106 valence electrons. The minimum Gasteiger partial charge on any atom is -0.113 e. The van der Waals surface area contributed by atoms with E-state index in [-0.39, 0.29) is 5.38 Å². The van der Waals surface area contributed by atoms with Crippen molar-refractivity contribution in [1.29, 1.82) is 0 Å². The molecule has 1 unspecified atom stereocenters. The molecule has 0 aliphatic heterocycles. The van der Waals surface area contributed by atoms with Crippen LogP contribution in [0.5, 0.6) is 0 Å². The number of alkyl halides is 1. The topological polar surface area (TPSA) is 0 Å². The smallest absolute Gasteiger partial charge is 0.0846 e. The number of fused-ring (bicyclic) bond motifs is 1. The van der Waals surface area contributed by atoms with Crippen LogP contribution in [0.1, 0.15) is 33.2 Å². The van der Waals surface area contributed by atoms with Crippen molar-refractivity contribution < 1.29 is 0 Å². The first kappa shape index (κ1) is 14.2. The van der Waals surface area contributed by atoms with Gasteiger partial charge in [-0.3, -0.25) is 0 Å². The number of hydrogen-bond donors (Lipinski definition) is 0. The molecule has 3 aromatic carbocycles. The SMILES string of the molecule is Cc1ccc(C)c(C(Cl)c2c(C)ccc3ccccc23)c1. The molecule has 0 fully saturated rings. The van der Waals surface area contributed by atoms with Gasteiger partial charge >= 0.3 is 0 Å². The molecule has 0 heterocycles. The van der Waals surface area contributed by atoms with Gasteiger partial charge in [0.2, 0.25) is 0 Å². The summed E-state index contributed by atoms with van der Waals surface area (Å²) in [5.41, 5.74) is 6.17. The second-order valence-corrected chi connectivity index (χ2v) is 6.18. The van der Waals surface area contributed by atoms with E-state index in [2.05, 4.69) is 75.4 Å². The summed E-state index contributed by atoms with van der Waals surface area (Å²) in [6, 6.07) is 19.3. The van der Waals surface area contributed by atoms with E-state index >= 15 is 0 Å². The number of benzene rings is 3. The predicted octanol–water partition coefficient (Wildman–Crippen LogP) is 6.09. The van der Waals surface area contributed by atoms with Crippen molar-refractivity contribution in [3.8, 4) is 0 Å². The van der Waals surface area contributed by atoms with E-state index in [0.29, 0.717) is 0 Å².